The summed E-state index contributed by atoms with van der Waals surface area (Å²) in [7, 11) is 0. The van der Waals surface area contributed by atoms with E-state index in [0.717, 1.165) is 14.7 Å². The highest BCUT2D eigenvalue weighted by Gasteiger charge is 2.05. The number of nitrogens with zero attached hydrogens (tertiary/aromatic N) is 1. The Labute approximate surface area is 149 Å². The number of hydrogen-bond donors (Lipinski definition) is 1. The molecule has 2 rings (SSSR count). The van der Waals surface area contributed by atoms with Crippen LogP contribution in [0.3, 0.4) is 0 Å². The number of benzene rings is 2. The quantitative estimate of drug-likeness (QED) is 0.323. The van der Waals surface area contributed by atoms with Gasteiger partial charge in [0.05, 0.1) is 6.21 Å². The molecule has 0 fully saturated rings. The van der Waals surface area contributed by atoms with E-state index in [1.165, 1.54) is 0 Å². The number of hydrazone groups is 1. The number of nitrogens with one attached hydrogen (secondary N) is 1. The summed E-state index contributed by atoms with van der Waals surface area (Å²) >= 11 is 2.22. The number of carbonyl (C=O) groups is 1. The molecule has 2 aromatic rings. The van der Waals surface area contributed by atoms with Crippen LogP contribution in [0.4, 0.5) is 0 Å². The van der Waals surface area contributed by atoms with Crippen molar-refractivity contribution in [2.75, 3.05) is 6.61 Å². The minimum Gasteiger partial charge on any atom is -0.483 e. The van der Waals surface area contributed by atoms with E-state index in [1.807, 2.05) is 48.5 Å². The maximum absolute atomic E-state index is 11.8. The van der Waals surface area contributed by atoms with Gasteiger partial charge in [0.15, 0.2) is 6.61 Å². The van der Waals surface area contributed by atoms with Gasteiger partial charge in [0.1, 0.15) is 5.75 Å². The molecule has 0 unspecified atom stereocenters. The van der Waals surface area contributed by atoms with E-state index in [4.69, 9.17) is 4.74 Å². The first-order valence-corrected chi connectivity index (χ1v) is 8.16. The van der Waals surface area contributed by atoms with E-state index in [-0.39, 0.29) is 12.5 Å². The van der Waals surface area contributed by atoms with Crippen molar-refractivity contribution in [3.63, 3.8) is 0 Å². The zero-order valence-electron chi connectivity index (χ0n) is 12.5. The fraction of sp³-hybridized carbons (Fsp3) is 0.111. The van der Waals surface area contributed by atoms with Crippen molar-refractivity contribution in [3.05, 3.63) is 75.9 Å². The summed E-state index contributed by atoms with van der Waals surface area (Å²) in [6, 6.07) is 15.4. The third-order valence-electron chi connectivity index (χ3n) is 2.95. The molecule has 0 atom stereocenters. The van der Waals surface area contributed by atoms with Crippen LogP contribution in [0.15, 0.2) is 66.3 Å². The second-order valence-electron chi connectivity index (χ2n) is 4.74. The number of amides is 1. The topological polar surface area (TPSA) is 50.7 Å². The van der Waals surface area contributed by atoms with E-state index in [1.54, 1.807) is 12.3 Å². The number of hydrogen-bond acceptors (Lipinski definition) is 3. The summed E-state index contributed by atoms with van der Waals surface area (Å²) < 4.78 is 6.65. The lowest BCUT2D eigenvalue weighted by molar-refractivity contribution is -0.123. The van der Waals surface area contributed by atoms with Crippen molar-refractivity contribution in [3.8, 4) is 5.75 Å². The Kier molecular flexibility index (Phi) is 6.80. The predicted octanol–water partition coefficient (Wildman–Crippen LogP) is 3.55. The maximum atomic E-state index is 11.8. The number of carbonyl (C=O) groups excluding carboxylic acids is 1. The van der Waals surface area contributed by atoms with Crippen molar-refractivity contribution < 1.29 is 9.53 Å². The highest BCUT2D eigenvalue weighted by Crippen LogP contribution is 2.18. The Morgan fingerprint density at radius 3 is 2.87 bits per heavy atom. The molecule has 0 saturated carbocycles. The van der Waals surface area contributed by atoms with Gasteiger partial charge in [0.25, 0.3) is 5.91 Å². The molecule has 23 heavy (non-hydrogen) atoms. The van der Waals surface area contributed by atoms with Crippen LogP contribution in [-0.4, -0.2) is 18.7 Å². The van der Waals surface area contributed by atoms with Crippen LogP contribution in [-0.2, 0) is 11.2 Å². The number of ether oxygens (including phenoxy) is 1. The van der Waals surface area contributed by atoms with Crippen molar-refractivity contribution in [2.45, 2.75) is 6.42 Å². The van der Waals surface area contributed by atoms with Gasteiger partial charge in [-0.1, -0.05) is 36.4 Å². The standard InChI is InChI=1S/C18H17IN2O2/c1-2-6-15-8-3-4-10-17(15)23-13-18(22)21-20-12-14-7-5-9-16(19)11-14/h2-5,7-12H,1,6,13H2,(H,21,22)/b20-12+. The van der Waals surface area contributed by atoms with Crippen molar-refractivity contribution in [1.29, 1.82) is 0 Å². The van der Waals surface area contributed by atoms with E-state index >= 15 is 0 Å². The van der Waals surface area contributed by atoms with E-state index in [0.29, 0.717) is 12.2 Å². The Bertz CT molecular complexity index is 714. The van der Waals surface area contributed by atoms with Gasteiger partial charge in [-0.25, -0.2) is 5.43 Å². The fourth-order valence-electron chi connectivity index (χ4n) is 1.91. The lowest BCUT2D eigenvalue weighted by atomic mass is 10.1. The number of allylic oxidation sites excluding steroid dienone is 1. The van der Waals surface area contributed by atoms with Gasteiger partial charge in [-0.2, -0.15) is 5.10 Å². The molecule has 0 bridgehead atoms. The molecule has 1 N–H and O–H groups in total. The van der Waals surface area contributed by atoms with Crippen LogP contribution in [0, 0.1) is 3.57 Å². The third-order valence-corrected chi connectivity index (χ3v) is 3.62. The van der Waals surface area contributed by atoms with Crippen LogP contribution in [0.25, 0.3) is 0 Å². The molecule has 0 spiro atoms. The number of rotatable bonds is 7. The predicted molar refractivity (Wildman–Crippen MR) is 101 cm³/mol. The van der Waals surface area contributed by atoms with Crippen LogP contribution in [0.1, 0.15) is 11.1 Å². The lowest BCUT2D eigenvalue weighted by Crippen LogP contribution is -2.24. The molecule has 0 radical (unpaired) electrons. The highest BCUT2D eigenvalue weighted by atomic mass is 127. The van der Waals surface area contributed by atoms with Crippen LogP contribution in [0.5, 0.6) is 5.75 Å². The monoisotopic (exact) mass is 420 g/mol. The van der Waals surface area contributed by atoms with Gasteiger partial charge >= 0.3 is 0 Å². The molecule has 0 aliphatic carbocycles. The average Bonchev–Trinajstić information content (AvgIpc) is 2.54. The first-order valence-electron chi connectivity index (χ1n) is 7.08. The van der Waals surface area contributed by atoms with Gasteiger partial charge < -0.3 is 4.74 Å². The molecule has 4 nitrogen and oxygen atoms in total. The Morgan fingerprint density at radius 2 is 2.09 bits per heavy atom. The Balaban J connectivity index is 1.85. The van der Waals surface area contributed by atoms with E-state index in [9.17, 15) is 4.79 Å². The average molecular weight is 420 g/mol. The van der Waals surface area contributed by atoms with Crippen LogP contribution >= 0.6 is 22.6 Å². The van der Waals surface area contributed by atoms with Crippen molar-refractivity contribution >= 4 is 34.7 Å². The minimum absolute atomic E-state index is 0.0855. The summed E-state index contributed by atoms with van der Waals surface area (Å²) in [4.78, 5) is 11.8. The molecule has 0 aliphatic rings. The molecule has 1 amide bonds. The zero-order valence-corrected chi connectivity index (χ0v) is 14.7. The van der Waals surface area contributed by atoms with E-state index < -0.39 is 0 Å². The molecule has 0 heterocycles. The summed E-state index contributed by atoms with van der Waals surface area (Å²) in [5, 5.41) is 3.93. The first-order chi connectivity index (χ1) is 11.2. The van der Waals surface area contributed by atoms with Gasteiger partial charge in [0, 0.05) is 3.57 Å². The molecule has 0 aromatic heterocycles. The molecule has 5 heteroatoms. The number of para-hydroxylation sites is 1. The maximum Gasteiger partial charge on any atom is 0.277 e. The van der Waals surface area contributed by atoms with Gasteiger partial charge in [-0.15, -0.1) is 6.58 Å². The fourth-order valence-corrected chi connectivity index (χ4v) is 2.48. The summed E-state index contributed by atoms with van der Waals surface area (Å²) in [5.41, 5.74) is 4.38. The van der Waals surface area contributed by atoms with Gasteiger partial charge in [-0.3, -0.25) is 4.79 Å². The zero-order chi connectivity index (χ0) is 16.5. The van der Waals surface area contributed by atoms with Crippen LogP contribution in [0.2, 0.25) is 0 Å². The number of halogens is 1. The molecular weight excluding hydrogens is 403 g/mol. The van der Waals surface area contributed by atoms with Crippen LogP contribution < -0.4 is 10.2 Å². The molecule has 118 valence electrons. The second kappa shape index (κ2) is 9.09. The summed E-state index contributed by atoms with van der Waals surface area (Å²) in [5.74, 6) is 0.379. The van der Waals surface area contributed by atoms with Crippen molar-refractivity contribution in [2.24, 2.45) is 5.10 Å². The Morgan fingerprint density at radius 1 is 1.26 bits per heavy atom. The largest absolute Gasteiger partial charge is 0.483 e. The molecule has 0 aliphatic heterocycles. The van der Waals surface area contributed by atoms with E-state index in [2.05, 4.69) is 39.7 Å². The van der Waals surface area contributed by atoms with Crippen molar-refractivity contribution in [1.82, 2.24) is 5.43 Å². The smallest absolute Gasteiger partial charge is 0.277 e. The first kappa shape index (κ1) is 17.2. The normalized spacial score (nSPS) is 10.5. The third kappa shape index (κ3) is 5.86. The Hall–Kier alpha value is -2.15. The molecule has 0 saturated heterocycles. The summed E-state index contributed by atoms with van der Waals surface area (Å²) in [6.45, 7) is 3.63. The second-order valence-corrected chi connectivity index (χ2v) is 5.98. The minimum atomic E-state index is -0.305. The summed E-state index contributed by atoms with van der Waals surface area (Å²) in [6.07, 6.45) is 4.10. The molecular formula is C18H17IN2O2. The molecule has 2 aromatic carbocycles. The SMILES string of the molecule is C=CCc1ccccc1OCC(=O)N/N=C/c1cccc(I)c1. The highest BCUT2D eigenvalue weighted by molar-refractivity contribution is 14.1. The lowest BCUT2D eigenvalue weighted by Gasteiger charge is -2.09. The van der Waals surface area contributed by atoms with Gasteiger partial charge in [0.2, 0.25) is 0 Å². The van der Waals surface area contributed by atoms with Gasteiger partial charge in [-0.05, 0) is 58.3 Å².